The summed E-state index contributed by atoms with van der Waals surface area (Å²) >= 11 is 0. The number of pyridine rings is 1. The molecule has 1 amide bonds. The van der Waals surface area contributed by atoms with E-state index in [1.165, 1.54) is 24.4 Å². The lowest BCUT2D eigenvalue weighted by atomic mass is 9.92. The smallest absolute Gasteiger partial charge is 0.368 e. The Morgan fingerprint density at radius 2 is 1.97 bits per heavy atom. The Balaban J connectivity index is 1.49. The van der Waals surface area contributed by atoms with Crippen molar-refractivity contribution in [1.29, 1.82) is 0 Å². The largest absolute Gasteiger partial charge is 0.416 e. The number of carbonyl (C=O) groups excluding carboxylic acids is 1. The normalized spacial score (nSPS) is 15.9. The molecule has 1 atom stereocenters. The Morgan fingerprint density at radius 1 is 1.18 bits per heavy atom. The van der Waals surface area contributed by atoms with E-state index in [2.05, 4.69) is 15.2 Å². The highest BCUT2D eigenvalue weighted by atomic mass is 19.4. The molecule has 0 radical (unpaired) electrons. The van der Waals surface area contributed by atoms with Crippen LogP contribution in [-0.4, -0.2) is 28.9 Å². The fourth-order valence-corrected chi connectivity index (χ4v) is 4.12. The Bertz CT molecular complexity index is 1230. The molecule has 1 unspecified atom stereocenters. The van der Waals surface area contributed by atoms with Crippen LogP contribution in [0.25, 0.3) is 0 Å². The predicted molar refractivity (Wildman–Crippen MR) is 121 cm³/mol. The molecule has 3 aromatic rings. The number of carbonyl (C=O) groups is 1. The van der Waals surface area contributed by atoms with Gasteiger partial charge in [-0.2, -0.15) is 13.2 Å². The summed E-state index contributed by atoms with van der Waals surface area (Å²) in [5.41, 5.74) is 2.36. The number of rotatable bonds is 5. The van der Waals surface area contributed by atoms with Crippen LogP contribution < -0.4 is 10.2 Å². The van der Waals surface area contributed by atoms with Crippen LogP contribution in [-0.2, 0) is 6.18 Å². The van der Waals surface area contributed by atoms with E-state index < -0.39 is 22.6 Å². The van der Waals surface area contributed by atoms with Gasteiger partial charge >= 0.3 is 12.0 Å². The molecule has 0 bridgehead atoms. The maximum absolute atomic E-state index is 13.0. The molecule has 1 aliphatic rings. The number of halogens is 3. The number of nitro groups is 1. The van der Waals surface area contributed by atoms with Crippen molar-refractivity contribution in [1.82, 2.24) is 4.98 Å². The molecule has 1 fully saturated rings. The van der Waals surface area contributed by atoms with Crippen LogP contribution >= 0.6 is 0 Å². The number of nitrogens with one attached hydrogen (secondary N) is 1. The molecule has 1 aliphatic heterocycles. The molecule has 1 N–H and O–H groups in total. The van der Waals surface area contributed by atoms with Crippen LogP contribution in [0.3, 0.4) is 0 Å². The first kappa shape index (κ1) is 23.2. The number of alkyl halides is 3. The van der Waals surface area contributed by atoms with Crippen molar-refractivity contribution in [2.45, 2.75) is 25.4 Å². The van der Waals surface area contributed by atoms with Gasteiger partial charge < -0.3 is 20.3 Å². The van der Waals surface area contributed by atoms with Crippen molar-refractivity contribution in [2.24, 2.45) is 0 Å². The highest BCUT2D eigenvalue weighted by Crippen LogP contribution is 2.34. The molecule has 2 aromatic carbocycles. The Kier molecular flexibility index (Phi) is 6.23. The lowest BCUT2D eigenvalue weighted by Crippen LogP contribution is -2.20. The van der Waals surface area contributed by atoms with Crippen molar-refractivity contribution >= 4 is 23.1 Å². The predicted octanol–water partition coefficient (Wildman–Crippen LogP) is 5.56. The summed E-state index contributed by atoms with van der Waals surface area (Å²) in [4.78, 5) is 29.0. The van der Waals surface area contributed by atoms with E-state index >= 15 is 0 Å². The van der Waals surface area contributed by atoms with Gasteiger partial charge in [0.25, 0.3) is 5.91 Å². The third-order valence-electron chi connectivity index (χ3n) is 5.90. The van der Waals surface area contributed by atoms with E-state index in [1.54, 1.807) is 18.2 Å². The number of anilines is 2. The SMILES string of the molecule is Cc1ccc(C(=O)Nc2cccc(C(F)(F)F)c2)cc1C1CCN(c2ccc([N+](=O)[O-])nc2)C1. The molecule has 10 heteroatoms. The minimum absolute atomic E-state index is 0.0691. The molecule has 2 heterocycles. The first-order valence-electron chi connectivity index (χ1n) is 10.6. The van der Waals surface area contributed by atoms with Crippen molar-refractivity contribution in [3.63, 3.8) is 0 Å². The number of nitrogens with zero attached hydrogens (tertiary/aromatic N) is 3. The fourth-order valence-electron chi connectivity index (χ4n) is 4.12. The fraction of sp³-hybridized carbons (Fsp3) is 0.250. The van der Waals surface area contributed by atoms with E-state index in [0.717, 1.165) is 41.9 Å². The topological polar surface area (TPSA) is 88.4 Å². The summed E-state index contributed by atoms with van der Waals surface area (Å²) in [6.07, 6.45) is -2.20. The van der Waals surface area contributed by atoms with Gasteiger partial charge in [0.15, 0.2) is 6.20 Å². The Hall–Kier alpha value is -3.95. The Morgan fingerprint density at radius 3 is 2.65 bits per heavy atom. The first-order valence-corrected chi connectivity index (χ1v) is 10.6. The second kappa shape index (κ2) is 9.12. The molecule has 0 aliphatic carbocycles. The molecule has 0 spiro atoms. The first-order chi connectivity index (χ1) is 16.1. The average Bonchev–Trinajstić information content (AvgIpc) is 3.29. The quantitative estimate of drug-likeness (QED) is 0.389. The van der Waals surface area contributed by atoms with Crippen molar-refractivity contribution < 1.29 is 22.9 Å². The van der Waals surface area contributed by atoms with Crippen molar-refractivity contribution in [2.75, 3.05) is 23.3 Å². The number of aryl methyl sites for hydroxylation is 1. The summed E-state index contributed by atoms with van der Waals surface area (Å²) in [7, 11) is 0. The van der Waals surface area contributed by atoms with Crippen LogP contribution in [0.4, 0.5) is 30.4 Å². The lowest BCUT2D eigenvalue weighted by Gasteiger charge is -2.19. The molecule has 176 valence electrons. The van der Waals surface area contributed by atoms with Crippen molar-refractivity contribution in [3.8, 4) is 0 Å². The molecular weight excluding hydrogens is 449 g/mol. The number of aromatic nitrogens is 1. The van der Waals surface area contributed by atoms with E-state index in [-0.39, 0.29) is 17.4 Å². The maximum Gasteiger partial charge on any atom is 0.416 e. The van der Waals surface area contributed by atoms with Crippen LogP contribution in [0.5, 0.6) is 0 Å². The van der Waals surface area contributed by atoms with Gasteiger partial charge in [0, 0.05) is 36.3 Å². The third-order valence-corrected chi connectivity index (χ3v) is 5.90. The van der Waals surface area contributed by atoms with E-state index in [1.807, 2.05) is 13.0 Å². The average molecular weight is 470 g/mol. The van der Waals surface area contributed by atoms with Crippen molar-refractivity contribution in [3.05, 3.63) is 93.2 Å². The van der Waals surface area contributed by atoms with Crippen LogP contribution in [0.1, 0.15) is 39.4 Å². The lowest BCUT2D eigenvalue weighted by molar-refractivity contribution is -0.389. The number of hydrogen-bond donors (Lipinski definition) is 1. The van der Waals surface area contributed by atoms with Gasteiger partial charge in [-0.15, -0.1) is 0 Å². The minimum atomic E-state index is -4.49. The molecule has 1 saturated heterocycles. The van der Waals surface area contributed by atoms with E-state index in [0.29, 0.717) is 12.1 Å². The van der Waals surface area contributed by atoms with Gasteiger partial charge in [-0.3, -0.25) is 4.79 Å². The molecule has 0 saturated carbocycles. The van der Waals surface area contributed by atoms with Gasteiger partial charge in [-0.05, 0) is 70.8 Å². The number of benzene rings is 2. The third kappa shape index (κ3) is 5.00. The van der Waals surface area contributed by atoms with E-state index in [4.69, 9.17) is 0 Å². The van der Waals surface area contributed by atoms with Crippen LogP contribution in [0.2, 0.25) is 0 Å². The molecule has 34 heavy (non-hydrogen) atoms. The summed E-state index contributed by atoms with van der Waals surface area (Å²) in [6, 6.07) is 12.8. The summed E-state index contributed by atoms with van der Waals surface area (Å²) < 4.78 is 38.9. The molecule has 7 nitrogen and oxygen atoms in total. The highest BCUT2D eigenvalue weighted by Gasteiger charge is 2.31. The minimum Gasteiger partial charge on any atom is -0.368 e. The maximum atomic E-state index is 13.0. The van der Waals surface area contributed by atoms with Gasteiger partial charge in [-0.25, -0.2) is 0 Å². The van der Waals surface area contributed by atoms with Crippen LogP contribution in [0.15, 0.2) is 60.8 Å². The van der Waals surface area contributed by atoms with Gasteiger partial charge in [0.1, 0.15) is 0 Å². The Labute approximate surface area is 193 Å². The van der Waals surface area contributed by atoms with Gasteiger partial charge in [0.05, 0.1) is 11.3 Å². The monoisotopic (exact) mass is 470 g/mol. The second-order valence-corrected chi connectivity index (χ2v) is 8.17. The zero-order valence-electron chi connectivity index (χ0n) is 18.2. The standard InChI is InChI=1S/C24H21F3N4O3/c1-15-5-6-16(23(32)29-19-4-2-3-18(12-19)24(25,26)27)11-21(15)17-9-10-30(14-17)20-7-8-22(28-13-20)31(33)34/h2-8,11-13,17H,9-10,14H2,1H3,(H,29,32). The zero-order valence-corrected chi connectivity index (χ0v) is 18.2. The van der Waals surface area contributed by atoms with Gasteiger partial charge in [0.2, 0.25) is 0 Å². The molecule has 1 aromatic heterocycles. The second-order valence-electron chi connectivity index (χ2n) is 8.17. The number of hydrogen-bond acceptors (Lipinski definition) is 5. The summed E-state index contributed by atoms with van der Waals surface area (Å²) in [6.45, 7) is 3.32. The zero-order chi connectivity index (χ0) is 24.5. The van der Waals surface area contributed by atoms with Gasteiger partial charge in [-0.1, -0.05) is 12.1 Å². The van der Waals surface area contributed by atoms with E-state index in [9.17, 15) is 28.1 Å². The summed E-state index contributed by atoms with van der Waals surface area (Å²) in [5.74, 6) is -0.582. The summed E-state index contributed by atoms with van der Waals surface area (Å²) in [5, 5.41) is 13.4. The number of amides is 1. The molecule has 4 rings (SSSR count). The molecular formula is C24H21F3N4O3. The van der Waals surface area contributed by atoms with Crippen LogP contribution in [0, 0.1) is 17.0 Å². The highest BCUT2D eigenvalue weighted by molar-refractivity contribution is 6.04.